The standard InChI is InChI=1S/C12H23NO2/c1-9(2)7-12(15)13-8-11(14)10-5-3-4-6-10/h9-11,14H,3-8H2,1-2H3,(H,13,15). The molecule has 2 N–H and O–H groups in total. The smallest absolute Gasteiger partial charge is 0.220 e. The first-order valence-corrected chi connectivity index (χ1v) is 6.04. The first-order chi connectivity index (χ1) is 7.09. The largest absolute Gasteiger partial charge is 0.391 e. The lowest BCUT2D eigenvalue weighted by atomic mass is 10.0. The topological polar surface area (TPSA) is 49.3 Å². The van der Waals surface area contributed by atoms with E-state index in [4.69, 9.17) is 0 Å². The molecular weight excluding hydrogens is 190 g/mol. The average molecular weight is 213 g/mol. The van der Waals surface area contributed by atoms with Crippen molar-refractivity contribution < 1.29 is 9.90 Å². The van der Waals surface area contributed by atoms with Gasteiger partial charge in [0.25, 0.3) is 0 Å². The van der Waals surface area contributed by atoms with E-state index in [9.17, 15) is 9.90 Å². The van der Waals surface area contributed by atoms with Crippen molar-refractivity contribution in [2.24, 2.45) is 11.8 Å². The summed E-state index contributed by atoms with van der Waals surface area (Å²) < 4.78 is 0. The maximum Gasteiger partial charge on any atom is 0.220 e. The minimum absolute atomic E-state index is 0.0575. The number of hydrogen-bond acceptors (Lipinski definition) is 2. The highest BCUT2D eigenvalue weighted by molar-refractivity contribution is 5.76. The summed E-state index contributed by atoms with van der Waals surface area (Å²) >= 11 is 0. The predicted molar refractivity (Wildman–Crippen MR) is 60.4 cm³/mol. The number of aliphatic hydroxyl groups is 1. The van der Waals surface area contributed by atoms with Crippen LogP contribution in [0, 0.1) is 11.8 Å². The molecule has 88 valence electrons. The van der Waals surface area contributed by atoms with E-state index in [-0.39, 0.29) is 12.0 Å². The van der Waals surface area contributed by atoms with E-state index in [1.54, 1.807) is 0 Å². The monoisotopic (exact) mass is 213 g/mol. The maximum atomic E-state index is 11.4. The van der Waals surface area contributed by atoms with Crippen LogP contribution in [0.3, 0.4) is 0 Å². The summed E-state index contributed by atoms with van der Waals surface area (Å²) in [7, 11) is 0. The number of hydrogen-bond donors (Lipinski definition) is 2. The van der Waals surface area contributed by atoms with E-state index in [0.29, 0.717) is 24.8 Å². The molecule has 0 radical (unpaired) electrons. The van der Waals surface area contributed by atoms with Gasteiger partial charge in [-0.1, -0.05) is 26.7 Å². The second kappa shape index (κ2) is 6.11. The minimum atomic E-state index is -0.344. The van der Waals surface area contributed by atoms with Crippen LogP contribution in [0.25, 0.3) is 0 Å². The van der Waals surface area contributed by atoms with Crippen LogP contribution in [0.15, 0.2) is 0 Å². The summed E-state index contributed by atoms with van der Waals surface area (Å²) in [5.41, 5.74) is 0. The summed E-state index contributed by atoms with van der Waals surface area (Å²) in [6.45, 7) is 4.47. The van der Waals surface area contributed by atoms with Gasteiger partial charge in [0.1, 0.15) is 0 Å². The Labute approximate surface area is 92.3 Å². The lowest BCUT2D eigenvalue weighted by Gasteiger charge is -2.18. The first-order valence-electron chi connectivity index (χ1n) is 6.04. The Kier molecular flexibility index (Phi) is 5.09. The molecule has 1 aliphatic carbocycles. The van der Waals surface area contributed by atoms with E-state index < -0.39 is 0 Å². The Hall–Kier alpha value is -0.570. The zero-order valence-corrected chi connectivity index (χ0v) is 9.83. The van der Waals surface area contributed by atoms with Crippen molar-refractivity contribution in [1.29, 1.82) is 0 Å². The Balaban J connectivity index is 2.15. The van der Waals surface area contributed by atoms with Crippen LogP contribution in [0.2, 0.25) is 0 Å². The molecule has 1 amide bonds. The van der Waals surface area contributed by atoms with Gasteiger partial charge in [-0.2, -0.15) is 0 Å². The van der Waals surface area contributed by atoms with Crippen molar-refractivity contribution in [3.8, 4) is 0 Å². The summed E-state index contributed by atoms with van der Waals surface area (Å²) in [6, 6.07) is 0. The zero-order chi connectivity index (χ0) is 11.3. The summed E-state index contributed by atoms with van der Waals surface area (Å²) in [4.78, 5) is 11.4. The fourth-order valence-corrected chi connectivity index (χ4v) is 2.17. The molecule has 1 atom stereocenters. The Bertz CT molecular complexity index is 198. The SMILES string of the molecule is CC(C)CC(=O)NCC(O)C1CCCC1. The van der Waals surface area contributed by atoms with Gasteiger partial charge in [-0.3, -0.25) is 4.79 Å². The molecule has 0 aromatic carbocycles. The molecule has 0 aromatic rings. The van der Waals surface area contributed by atoms with Gasteiger partial charge in [0.05, 0.1) is 6.10 Å². The van der Waals surface area contributed by atoms with Gasteiger partial charge in [0, 0.05) is 13.0 Å². The van der Waals surface area contributed by atoms with Gasteiger partial charge in [0.2, 0.25) is 5.91 Å². The molecule has 0 aliphatic heterocycles. The molecular formula is C12H23NO2. The summed E-state index contributed by atoms with van der Waals surface area (Å²) in [5, 5.41) is 12.6. The average Bonchev–Trinajstić information content (AvgIpc) is 2.65. The normalized spacial score (nSPS) is 19.5. The number of rotatable bonds is 5. The van der Waals surface area contributed by atoms with Gasteiger partial charge in [-0.15, -0.1) is 0 Å². The molecule has 0 heterocycles. The lowest BCUT2D eigenvalue weighted by Crippen LogP contribution is -2.35. The zero-order valence-electron chi connectivity index (χ0n) is 9.83. The third kappa shape index (κ3) is 4.65. The fraction of sp³-hybridized carbons (Fsp3) is 0.917. The molecule has 0 bridgehead atoms. The van der Waals surface area contributed by atoms with Crippen LogP contribution in [-0.4, -0.2) is 23.7 Å². The Morgan fingerprint density at radius 3 is 2.53 bits per heavy atom. The van der Waals surface area contributed by atoms with Crippen LogP contribution in [0.5, 0.6) is 0 Å². The molecule has 1 fully saturated rings. The Morgan fingerprint density at radius 1 is 1.40 bits per heavy atom. The molecule has 3 heteroatoms. The third-order valence-corrected chi connectivity index (χ3v) is 3.05. The van der Waals surface area contributed by atoms with Crippen molar-refractivity contribution in [2.75, 3.05) is 6.54 Å². The maximum absolute atomic E-state index is 11.4. The van der Waals surface area contributed by atoms with Crippen LogP contribution < -0.4 is 5.32 Å². The highest BCUT2D eigenvalue weighted by Gasteiger charge is 2.23. The molecule has 0 aromatic heterocycles. The highest BCUT2D eigenvalue weighted by Crippen LogP contribution is 2.27. The molecule has 1 aliphatic rings. The minimum Gasteiger partial charge on any atom is -0.391 e. The summed E-state index contributed by atoms with van der Waals surface area (Å²) in [5.74, 6) is 0.847. The van der Waals surface area contributed by atoms with E-state index in [1.807, 2.05) is 13.8 Å². The van der Waals surface area contributed by atoms with E-state index in [1.165, 1.54) is 12.8 Å². The van der Waals surface area contributed by atoms with Gasteiger partial charge in [0.15, 0.2) is 0 Å². The lowest BCUT2D eigenvalue weighted by molar-refractivity contribution is -0.122. The van der Waals surface area contributed by atoms with Gasteiger partial charge < -0.3 is 10.4 Å². The number of aliphatic hydroxyl groups excluding tert-OH is 1. The third-order valence-electron chi connectivity index (χ3n) is 3.05. The second-order valence-corrected chi connectivity index (χ2v) is 5.01. The van der Waals surface area contributed by atoms with Crippen molar-refractivity contribution in [1.82, 2.24) is 5.32 Å². The van der Waals surface area contributed by atoms with Crippen molar-refractivity contribution in [2.45, 2.75) is 52.1 Å². The van der Waals surface area contributed by atoms with Gasteiger partial charge in [-0.05, 0) is 24.7 Å². The van der Waals surface area contributed by atoms with Crippen LogP contribution >= 0.6 is 0 Å². The molecule has 1 saturated carbocycles. The first kappa shape index (κ1) is 12.5. The molecule has 15 heavy (non-hydrogen) atoms. The van der Waals surface area contributed by atoms with Crippen LogP contribution in [-0.2, 0) is 4.79 Å². The van der Waals surface area contributed by atoms with E-state index in [0.717, 1.165) is 12.8 Å². The van der Waals surface area contributed by atoms with Gasteiger partial charge >= 0.3 is 0 Å². The van der Waals surface area contributed by atoms with Crippen molar-refractivity contribution in [3.63, 3.8) is 0 Å². The van der Waals surface area contributed by atoms with Crippen molar-refractivity contribution >= 4 is 5.91 Å². The summed E-state index contributed by atoms with van der Waals surface area (Å²) in [6.07, 6.45) is 4.88. The fourth-order valence-electron chi connectivity index (χ4n) is 2.17. The van der Waals surface area contributed by atoms with Crippen LogP contribution in [0.1, 0.15) is 46.0 Å². The van der Waals surface area contributed by atoms with Crippen LogP contribution in [0.4, 0.5) is 0 Å². The molecule has 0 spiro atoms. The molecule has 3 nitrogen and oxygen atoms in total. The quantitative estimate of drug-likeness (QED) is 0.730. The Morgan fingerprint density at radius 2 is 2.00 bits per heavy atom. The molecule has 0 saturated heterocycles. The number of carbonyl (C=O) groups excluding carboxylic acids is 1. The van der Waals surface area contributed by atoms with Gasteiger partial charge in [-0.25, -0.2) is 0 Å². The number of amides is 1. The molecule has 1 unspecified atom stereocenters. The number of nitrogens with one attached hydrogen (secondary N) is 1. The van der Waals surface area contributed by atoms with E-state index >= 15 is 0 Å². The van der Waals surface area contributed by atoms with Crippen molar-refractivity contribution in [3.05, 3.63) is 0 Å². The second-order valence-electron chi connectivity index (χ2n) is 5.01. The molecule has 1 rings (SSSR count). The number of carbonyl (C=O) groups is 1. The predicted octanol–water partition coefficient (Wildman–Crippen LogP) is 1.70. The highest BCUT2D eigenvalue weighted by atomic mass is 16.3. The van der Waals surface area contributed by atoms with E-state index in [2.05, 4.69) is 5.32 Å².